The van der Waals surface area contributed by atoms with Gasteiger partial charge < -0.3 is 5.32 Å². The maximum absolute atomic E-state index is 12.0. The first-order valence-electron chi connectivity index (χ1n) is 6.20. The molecule has 4 nitrogen and oxygen atoms in total. The molecule has 1 heterocycles. The van der Waals surface area contributed by atoms with Gasteiger partial charge in [-0.3, -0.25) is 10.1 Å². The summed E-state index contributed by atoms with van der Waals surface area (Å²) in [6, 6.07) is 5.85. The smallest absolute Gasteiger partial charge is 0.256 e. The van der Waals surface area contributed by atoms with Gasteiger partial charge in [-0.2, -0.15) is 0 Å². The molecule has 0 radical (unpaired) electrons. The molecule has 2 N–H and O–H groups in total. The number of aliphatic imine (C=N–C) groups is 1. The van der Waals surface area contributed by atoms with Crippen molar-refractivity contribution >= 4 is 11.9 Å². The molecule has 0 spiro atoms. The van der Waals surface area contributed by atoms with E-state index in [2.05, 4.69) is 15.6 Å². The monoisotopic (exact) mass is 245 g/mol. The molecule has 0 saturated carbocycles. The van der Waals surface area contributed by atoms with Crippen molar-refractivity contribution in [3.05, 3.63) is 34.9 Å². The summed E-state index contributed by atoms with van der Waals surface area (Å²) < 4.78 is 0. The van der Waals surface area contributed by atoms with Gasteiger partial charge in [0.15, 0.2) is 12.0 Å². The lowest BCUT2D eigenvalue weighted by Crippen LogP contribution is -2.40. The number of hydrogen-bond donors (Lipinski definition) is 2. The van der Waals surface area contributed by atoms with Crippen molar-refractivity contribution in [3.63, 3.8) is 0 Å². The molecule has 1 aliphatic rings. The fourth-order valence-corrected chi connectivity index (χ4v) is 2.21. The van der Waals surface area contributed by atoms with Gasteiger partial charge in [-0.15, -0.1) is 0 Å². The zero-order chi connectivity index (χ0) is 13.3. The maximum atomic E-state index is 12.0. The number of benzene rings is 1. The molecular weight excluding hydrogens is 226 g/mol. The molecule has 1 aromatic carbocycles. The molecular formula is C14H19N3O. The van der Waals surface area contributed by atoms with Crippen LogP contribution in [0.3, 0.4) is 0 Å². The van der Waals surface area contributed by atoms with Crippen molar-refractivity contribution in [2.45, 2.75) is 39.8 Å². The quantitative estimate of drug-likeness (QED) is 0.835. The zero-order valence-electron chi connectivity index (χ0n) is 11.2. The van der Waals surface area contributed by atoms with E-state index in [1.165, 1.54) is 0 Å². The third kappa shape index (κ3) is 2.37. The third-order valence-electron chi connectivity index (χ3n) is 2.99. The Hall–Kier alpha value is -1.84. The van der Waals surface area contributed by atoms with Gasteiger partial charge in [0.2, 0.25) is 0 Å². The predicted octanol–water partition coefficient (Wildman–Crippen LogP) is 1.83. The van der Waals surface area contributed by atoms with Crippen molar-refractivity contribution in [1.82, 2.24) is 10.6 Å². The Kier molecular flexibility index (Phi) is 3.36. The number of rotatable bonds is 2. The summed E-state index contributed by atoms with van der Waals surface area (Å²) in [6.45, 7) is 8.06. The topological polar surface area (TPSA) is 53.5 Å². The van der Waals surface area contributed by atoms with Gasteiger partial charge >= 0.3 is 0 Å². The van der Waals surface area contributed by atoms with E-state index in [0.29, 0.717) is 5.96 Å². The molecule has 1 unspecified atom stereocenters. The van der Waals surface area contributed by atoms with Crippen molar-refractivity contribution in [2.24, 2.45) is 4.99 Å². The highest BCUT2D eigenvalue weighted by atomic mass is 16.2. The van der Waals surface area contributed by atoms with Crippen LogP contribution in [-0.4, -0.2) is 17.9 Å². The van der Waals surface area contributed by atoms with Gasteiger partial charge in [-0.25, -0.2) is 4.99 Å². The molecule has 0 saturated heterocycles. The number of carbonyl (C=O) groups is 1. The Morgan fingerprint density at radius 2 is 1.89 bits per heavy atom. The van der Waals surface area contributed by atoms with Crippen LogP contribution in [0.2, 0.25) is 0 Å². The molecule has 1 atom stereocenters. The van der Waals surface area contributed by atoms with E-state index < -0.39 is 6.04 Å². The normalized spacial score (nSPS) is 18.8. The first-order chi connectivity index (χ1) is 8.49. The van der Waals surface area contributed by atoms with E-state index in [-0.39, 0.29) is 11.9 Å². The van der Waals surface area contributed by atoms with Crippen LogP contribution in [0.15, 0.2) is 23.2 Å². The minimum atomic E-state index is -0.424. The molecule has 96 valence electrons. The highest BCUT2D eigenvalue weighted by Crippen LogP contribution is 2.27. The van der Waals surface area contributed by atoms with Gasteiger partial charge in [-0.05, 0) is 44.4 Å². The van der Waals surface area contributed by atoms with Crippen LogP contribution in [0.25, 0.3) is 0 Å². The number of aryl methyl sites for hydroxylation is 2. The van der Waals surface area contributed by atoms with Gasteiger partial charge in [-0.1, -0.05) is 18.2 Å². The SMILES string of the molecule is Cc1cccc(C)c1C1N=C(NC(C)C)NC1=O. The summed E-state index contributed by atoms with van der Waals surface area (Å²) in [5, 5.41) is 5.92. The van der Waals surface area contributed by atoms with Crippen LogP contribution in [0.1, 0.15) is 36.6 Å². The van der Waals surface area contributed by atoms with Crippen LogP contribution >= 0.6 is 0 Å². The summed E-state index contributed by atoms with van der Waals surface area (Å²) in [5.41, 5.74) is 3.21. The van der Waals surface area contributed by atoms with E-state index >= 15 is 0 Å². The van der Waals surface area contributed by atoms with Crippen molar-refractivity contribution in [3.8, 4) is 0 Å². The van der Waals surface area contributed by atoms with Crippen LogP contribution < -0.4 is 10.6 Å². The van der Waals surface area contributed by atoms with Crippen molar-refractivity contribution in [2.75, 3.05) is 0 Å². The maximum Gasteiger partial charge on any atom is 0.256 e. The summed E-state index contributed by atoms with van der Waals surface area (Å²) in [5.74, 6) is 0.512. The number of amides is 1. The highest BCUT2D eigenvalue weighted by Gasteiger charge is 2.30. The molecule has 2 rings (SSSR count). The predicted molar refractivity (Wildman–Crippen MR) is 72.5 cm³/mol. The average molecular weight is 245 g/mol. The lowest BCUT2D eigenvalue weighted by molar-refractivity contribution is -0.120. The van der Waals surface area contributed by atoms with Crippen molar-refractivity contribution in [1.29, 1.82) is 0 Å². The summed E-state index contributed by atoms with van der Waals surface area (Å²) in [6.07, 6.45) is 0. The Labute approximate surface area is 108 Å². The largest absolute Gasteiger partial charge is 0.354 e. The zero-order valence-corrected chi connectivity index (χ0v) is 11.2. The fraction of sp³-hybridized carbons (Fsp3) is 0.429. The molecule has 1 aromatic rings. The van der Waals surface area contributed by atoms with E-state index in [1.54, 1.807) is 0 Å². The number of carbonyl (C=O) groups excluding carboxylic acids is 1. The molecule has 0 fully saturated rings. The van der Waals surface area contributed by atoms with Gasteiger partial charge in [0.25, 0.3) is 5.91 Å². The van der Waals surface area contributed by atoms with E-state index in [4.69, 9.17) is 0 Å². The van der Waals surface area contributed by atoms with Gasteiger partial charge in [0.1, 0.15) is 0 Å². The lowest BCUT2D eigenvalue weighted by Gasteiger charge is -2.11. The number of guanidine groups is 1. The lowest BCUT2D eigenvalue weighted by atomic mass is 9.96. The van der Waals surface area contributed by atoms with E-state index in [9.17, 15) is 4.79 Å². The Bertz CT molecular complexity index is 486. The molecule has 1 aliphatic heterocycles. The minimum absolute atomic E-state index is 0.0597. The number of hydrogen-bond acceptors (Lipinski definition) is 3. The second-order valence-corrected chi connectivity index (χ2v) is 4.97. The second kappa shape index (κ2) is 4.80. The first-order valence-corrected chi connectivity index (χ1v) is 6.20. The van der Waals surface area contributed by atoms with Crippen LogP contribution in [-0.2, 0) is 4.79 Å². The molecule has 0 aliphatic carbocycles. The Balaban J connectivity index is 2.33. The van der Waals surface area contributed by atoms with E-state index in [0.717, 1.165) is 16.7 Å². The number of nitrogens with zero attached hydrogens (tertiary/aromatic N) is 1. The fourth-order valence-electron chi connectivity index (χ4n) is 2.21. The molecule has 0 bridgehead atoms. The summed E-state index contributed by atoms with van der Waals surface area (Å²) >= 11 is 0. The Morgan fingerprint density at radius 3 is 2.44 bits per heavy atom. The molecule has 0 aromatic heterocycles. The van der Waals surface area contributed by atoms with Crippen LogP contribution in [0.5, 0.6) is 0 Å². The Morgan fingerprint density at radius 1 is 1.28 bits per heavy atom. The summed E-state index contributed by atoms with van der Waals surface area (Å²) in [4.78, 5) is 16.5. The minimum Gasteiger partial charge on any atom is -0.354 e. The average Bonchev–Trinajstić information content (AvgIpc) is 2.58. The standard InChI is InChI=1S/C14H19N3O/c1-8(2)15-14-16-12(13(18)17-14)11-9(3)6-5-7-10(11)4/h5-8,12H,1-4H3,(H2,15,16,17,18). The third-order valence-corrected chi connectivity index (χ3v) is 2.99. The highest BCUT2D eigenvalue weighted by molar-refractivity contribution is 6.05. The van der Waals surface area contributed by atoms with Gasteiger partial charge in [0.05, 0.1) is 0 Å². The van der Waals surface area contributed by atoms with E-state index in [1.807, 2.05) is 45.9 Å². The summed E-state index contributed by atoms with van der Waals surface area (Å²) in [7, 11) is 0. The molecule has 1 amide bonds. The second-order valence-electron chi connectivity index (χ2n) is 4.97. The van der Waals surface area contributed by atoms with Crippen LogP contribution in [0, 0.1) is 13.8 Å². The van der Waals surface area contributed by atoms with Crippen LogP contribution in [0.4, 0.5) is 0 Å². The van der Waals surface area contributed by atoms with Gasteiger partial charge in [0, 0.05) is 6.04 Å². The molecule has 4 heteroatoms. The first kappa shape index (κ1) is 12.6. The molecule has 18 heavy (non-hydrogen) atoms. The van der Waals surface area contributed by atoms with Crippen molar-refractivity contribution < 1.29 is 4.79 Å². The number of nitrogens with one attached hydrogen (secondary N) is 2.